The zero-order valence-electron chi connectivity index (χ0n) is 9.36. The van der Waals surface area contributed by atoms with Gasteiger partial charge in [0.25, 0.3) is 5.91 Å². The lowest BCUT2D eigenvalue weighted by molar-refractivity contribution is -0.144. The van der Waals surface area contributed by atoms with Gasteiger partial charge < -0.3 is 10.0 Å². The average Bonchev–Trinajstić information content (AvgIpc) is 2.16. The average molecular weight is 199 g/mol. The van der Waals surface area contributed by atoms with Crippen LogP contribution in [0.15, 0.2) is 0 Å². The van der Waals surface area contributed by atoms with E-state index in [1.165, 1.54) is 6.42 Å². The Kier molecular flexibility index (Phi) is 3.93. The topological polar surface area (TPSA) is 40.5 Å². The third-order valence-electron chi connectivity index (χ3n) is 2.96. The first-order chi connectivity index (χ1) is 6.54. The van der Waals surface area contributed by atoms with E-state index in [9.17, 15) is 9.90 Å². The van der Waals surface area contributed by atoms with Crippen LogP contribution < -0.4 is 0 Å². The summed E-state index contributed by atoms with van der Waals surface area (Å²) in [5.41, 5.74) is 0. The number of amides is 1. The number of carbonyl (C=O) groups is 1. The number of carbonyl (C=O) groups excluding carboxylic acids is 1. The molecule has 82 valence electrons. The Bertz CT molecular complexity index is 201. The van der Waals surface area contributed by atoms with E-state index >= 15 is 0 Å². The van der Waals surface area contributed by atoms with Gasteiger partial charge >= 0.3 is 0 Å². The molecule has 0 bridgehead atoms. The molecule has 1 rings (SSSR count). The molecule has 3 heteroatoms. The van der Waals surface area contributed by atoms with Crippen molar-refractivity contribution in [2.45, 2.75) is 52.2 Å². The number of aliphatic hydroxyl groups is 1. The van der Waals surface area contributed by atoms with Crippen LogP contribution in [0.3, 0.4) is 0 Å². The standard InChI is InChI=1S/C11H21NO2/c1-8(2)10-6-4-5-7-12(10)11(14)9(3)13/h8-10,13H,4-7H2,1-3H3. The zero-order valence-corrected chi connectivity index (χ0v) is 9.36. The van der Waals surface area contributed by atoms with E-state index in [1.807, 2.05) is 4.90 Å². The van der Waals surface area contributed by atoms with E-state index in [-0.39, 0.29) is 5.91 Å². The first kappa shape index (κ1) is 11.5. The summed E-state index contributed by atoms with van der Waals surface area (Å²) in [5.74, 6) is 0.376. The largest absolute Gasteiger partial charge is 0.384 e. The lowest BCUT2D eigenvalue weighted by Gasteiger charge is -2.38. The highest BCUT2D eigenvalue weighted by Crippen LogP contribution is 2.23. The highest BCUT2D eigenvalue weighted by atomic mass is 16.3. The fourth-order valence-electron chi connectivity index (χ4n) is 2.16. The number of nitrogens with zero attached hydrogens (tertiary/aromatic N) is 1. The molecule has 0 aromatic heterocycles. The molecule has 14 heavy (non-hydrogen) atoms. The molecular weight excluding hydrogens is 178 g/mol. The van der Waals surface area contributed by atoms with Gasteiger partial charge in [-0.2, -0.15) is 0 Å². The second-order valence-electron chi connectivity index (χ2n) is 4.51. The maximum atomic E-state index is 11.7. The van der Waals surface area contributed by atoms with Gasteiger partial charge in [-0.05, 0) is 32.1 Å². The lowest BCUT2D eigenvalue weighted by Crippen LogP contribution is -2.49. The number of likely N-dealkylation sites (tertiary alicyclic amines) is 1. The quantitative estimate of drug-likeness (QED) is 0.730. The van der Waals surface area contributed by atoms with Gasteiger partial charge in [0, 0.05) is 12.6 Å². The summed E-state index contributed by atoms with van der Waals surface area (Å²) < 4.78 is 0. The maximum Gasteiger partial charge on any atom is 0.251 e. The van der Waals surface area contributed by atoms with Crippen LogP contribution in [-0.2, 0) is 4.79 Å². The third-order valence-corrected chi connectivity index (χ3v) is 2.96. The van der Waals surface area contributed by atoms with Crippen molar-refractivity contribution in [1.82, 2.24) is 4.90 Å². The number of aliphatic hydroxyl groups excluding tert-OH is 1. The molecule has 0 spiro atoms. The van der Waals surface area contributed by atoms with Crippen molar-refractivity contribution in [2.24, 2.45) is 5.92 Å². The summed E-state index contributed by atoms with van der Waals surface area (Å²) in [7, 11) is 0. The van der Waals surface area contributed by atoms with Crippen LogP contribution in [-0.4, -0.2) is 34.6 Å². The maximum absolute atomic E-state index is 11.7. The molecule has 1 saturated heterocycles. The van der Waals surface area contributed by atoms with Gasteiger partial charge in [0.2, 0.25) is 0 Å². The van der Waals surface area contributed by atoms with E-state index in [4.69, 9.17) is 0 Å². The first-order valence-corrected chi connectivity index (χ1v) is 5.52. The van der Waals surface area contributed by atoms with E-state index in [1.54, 1.807) is 6.92 Å². The van der Waals surface area contributed by atoms with E-state index in [0.29, 0.717) is 12.0 Å². The summed E-state index contributed by atoms with van der Waals surface area (Å²) in [6, 6.07) is 0.325. The predicted octanol–water partition coefficient (Wildman–Crippen LogP) is 1.40. The van der Waals surface area contributed by atoms with Gasteiger partial charge in [0.1, 0.15) is 6.10 Å². The monoisotopic (exact) mass is 199 g/mol. The van der Waals surface area contributed by atoms with E-state index < -0.39 is 6.10 Å². The van der Waals surface area contributed by atoms with Gasteiger partial charge in [0.05, 0.1) is 0 Å². The van der Waals surface area contributed by atoms with Crippen molar-refractivity contribution in [3.63, 3.8) is 0 Å². The van der Waals surface area contributed by atoms with E-state index in [0.717, 1.165) is 19.4 Å². The molecule has 0 saturated carbocycles. The molecule has 1 amide bonds. The van der Waals surface area contributed by atoms with Gasteiger partial charge in [-0.3, -0.25) is 4.79 Å². The van der Waals surface area contributed by atoms with Gasteiger partial charge in [0.15, 0.2) is 0 Å². The van der Waals surface area contributed by atoms with Gasteiger partial charge in [-0.15, -0.1) is 0 Å². The smallest absolute Gasteiger partial charge is 0.251 e. The molecule has 0 aromatic rings. The molecule has 1 aliphatic rings. The highest BCUT2D eigenvalue weighted by Gasteiger charge is 2.30. The van der Waals surface area contributed by atoms with Gasteiger partial charge in [-0.25, -0.2) is 0 Å². The Hall–Kier alpha value is -0.570. The van der Waals surface area contributed by atoms with Crippen molar-refractivity contribution in [3.8, 4) is 0 Å². The SMILES string of the molecule is CC(O)C(=O)N1CCCCC1C(C)C. The lowest BCUT2D eigenvalue weighted by atomic mass is 9.92. The molecule has 2 atom stereocenters. The molecule has 0 aliphatic carbocycles. The second-order valence-corrected chi connectivity index (χ2v) is 4.51. The molecule has 1 heterocycles. The Balaban J connectivity index is 2.67. The van der Waals surface area contributed by atoms with Crippen LogP contribution in [0, 0.1) is 5.92 Å². The van der Waals surface area contributed by atoms with Crippen LogP contribution in [0.1, 0.15) is 40.0 Å². The molecular formula is C11H21NO2. The van der Waals surface area contributed by atoms with Crippen LogP contribution in [0.4, 0.5) is 0 Å². The Labute approximate surface area is 86.1 Å². The van der Waals surface area contributed by atoms with E-state index in [2.05, 4.69) is 13.8 Å². The fraction of sp³-hybridized carbons (Fsp3) is 0.909. The molecule has 0 aromatic carbocycles. The molecule has 1 aliphatic heterocycles. The number of piperidine rings is 1. The second kappa shape index (κ2) is 4.78. The third kappa shape index (κ3) is 2.47. The van der Waals surface area contributed by atoms with Crippen molar-refractivity contribution >= 4 is 5.91 Å². The summed E-state index contributed by atoms with van der Waals surface area (Å²) in [4.78, 5) is 13.5. The highest BCUT2D eigenvalue weighted by molar-refractivity contribution is 5.80. The zero-order chi connectivity index (χ0) is 10.7. The summed E-state index contributed by atoms with van der Waals surface area (Å²) >= 11 is 0. The number of hydrogen-bond acceptors (Lipinski definition) is 2. The normalized spacial score (nSPS) is 25.2. The van der Waals surface area contributed by atoms with Gasteiger partial charge in [-0.1, -0.05) is 13.8 Å². The number of hydrogen-bond donors (Lipinski definition) is 1. The molecule has 1 N–H and O–H groups in total. The molecule has 3 nitrogen and oxygen atoms in total. The van der Waals surface area contributed by atoms with Crippen LogP contribution in [0.2, 0.25) is 0 Å². The Morgan fingerprint density at radius 3 is 2.50 bits per heavy atom. The van der Waals surface area contributed by atoms with Crippen LogP contribution in [0.25, 0.3) is 0 Å². The van der Waals surface area contributed by atoms with Crippen molar-refractivity contribution in [2.75, 3.05) is 6.54 Å². The Morgan fingerprint density at radius 2 is 2.00 bits per heavy atom. The predicted molar refractivity (Wildman–Crippen MR) is 55.9 cm³/mol. The van der Waals surface area contributed by atoms with Crippen LogP contribution >= 0.6 is 0 Å². The van der Waals surface area contributed by atoms with Crippen LogP contribution in [0.5, 0.6) is 0 Å². The minimum Gasteiger partial charge on any atom is -0.384 e. The summed E-state index contributed by atoms with van der Waals surface area (Å²) in [5, 5.41) is 9.28. The fourth-order valence-corrected chi connectivity index (χ4v) is 2.16. The summed E-state index contributed by atoms with van der Waals surface area (Å²) in [6.45, 7) is 6.64. The van der Waals surface area contributed by atoms with Crippen molar-refractivity contribution in [1.29, 1.82) is 0 Å². The Morgan fingerprint density at radius 1 is 1.36 bits per heavy atom. The molecule has 1 fully saturated rings. The number of rotatable bonds is 2. The minimum atomic E-state index is -0.852. The van der Waals surface area contributed by atoms with Crippen molar-refractivity contribution < 1.29 is 9.90 Å². The minimum absolute atomic E-state index is 0.108. The molecule has 0 radical (unpaired) electrons. The summed E-state index contributed by atoms with van der Waals surface area (Å²) in [6.07, 6.45) is 2.50. The van der Waals surface area contributed by atoms with Crippen molar-refractivity contribution in [3.05, 3.63) is 0 Å². The molecule has 2 unspecified atom stereocenters. The first-order valence-electron chi connectivity index (χ1n) is 5.52.